The second-order valence-electron chi connectivity index (χ2n) is 6.26. The molecule has 7 heteroatoms. The topological polar surface area (TPSA) is 79.3 Å². The van der Waals surface area contributed by atoms with Gasteiger partial charge in [-0.1, -0.05) is 24.6 Å². The van der Waals surface area contributed by atoms with Crippen LogP contribution in [0.4, 0.5) is 16.3 Å². The summed E-state index contributed by atoms with van der Waals surface area (Å²) in [5, 5.41) is 9.80. The second-order valence-corrected chi connectivity index (χ2v) is 6.26. The Morgan fingerprint density at radius 1 is 1.32 bits per heavy atom. The van der Waals surface area contributed by atoms with Gasteiger partial charge in [-0.05, 0) is 31.9 Å². The first kappa shape index (κ1) is 17.0. The van der Waals surface area contributed by atoms with E-state index in [0.29, 0.717) is 18.8 Å². The Balaban J connectivity index is 1.61. The van der Waals surface area contributed by atoms with Crippen molar-refractivity contribution in [2.24, 2.45) is 7.05 Å². The number of rotatable bonds is 4. The maximum Gasteiger partial charge on any atom is 0.321 e. The third kappa shape index (κ3) is 3.65. The van der Waals surface area contributed by atoms with Crippen molar-refractivity contribution in [3.8, 4) is 0 Å². The third-order valence-corrected chi connectivity index (χ3v) is 4.39. The van der Waals surface area contributed by atoms with E-state index in [9.17, 15) is 9.59 Å². The number of benzene rings is 1. The fraction of sp³-hybridized carbons (Fsp3) is 0.389. The lowest BCUT2D eigenvalue weighted by Gasteiger charge is -2.17. The maximum atomic E-state index is 12.6. The molecule has 0 aliphatic carbocycles. The summed E-state index contributed by atoms with van der Waals surface area (Å²) in [5.74, 6) is 0.522. The molecule has 3 amide bonds. The molecular weight excluding hydrogens is 318 g/mol. The minimum absolute atomic E-state index is 0.0849. The summed E-state index contributed by atoms with van der Waals surface area (Å²) >= 11 is 0. The number of aryl methyl sites for hydroxylation is 3. The minimum Gasteiger partial charge on any atom is -0.326 e. The maximum absolute atomic E-state index is 12.6. The van der Waals surface area contributed by atoms with E-state index in [0.717, 1.165) is 23.4 Å². The molecular formula is C18H23N5O2. The van der Waals surface area contributed by atoms with Crippen molar-refractivity contribution in [3.05, 3.63) is 41.6 Å². The van der Waals surface area contributed by atoms with Crippen molar-refractivity contribution in [1.82, 2.24) is 15.1 Å². The number of amides is 3. The van der Waals surface area contributed by atoms with E-state index >= 15 is 0 Å². The number of carbonyl (C=O) groups excluding carboxylic acids is 2. The van der Waals surface area contributed by atoms with Gasteiger partial charge >= 0.3 is 6.03 Å². The molecule has 0 radical (unpaired) electrons. The number of urea groups is 1. The van der Waals surface area contributed by atoms with E-state index in [-0.39, 0.29) is 5.91 Å². The molecule has 7 nitrogen and oxygen atoms in total. The van der Waals surface area contributed by atoms with Crippen LogP contribution in [0, 0.1) is 6.92 Å². The summed E-state index contributed by atoms with van der Waals surface area (Å²) < 4.78 is 1.62. The SMILES string of the molecule is CCc1cc(NC(=O)N[C@@H]2CCN(c3ccc(C)cc3)C2=O)n(C)n1. The first-order valence-electron chi connectivity index (χ1n) is 8.46. The average Bonchev–Trinajstić information content (AvgIpc) is 3.12. The van der Waals surface area contributed by atoms with Gasteiger partial charge in [0, 0.05) is 25.3 Å². The van der Waals surface area contributed by atoms with Crippen molar-refractivity contribution < 1.29 is 9.59 Å². The van der Waals surface area contributed by atoms with Crippen molar-refractivity contribution in [2.75, 3.05) is 16.8 Å². The highest BCUT2D eigenvalue weighted by Crippen LogP contribution is 2.22. The number of aromatic nitrogens is 2. The number of nitrogens with zero attached hydrogens (tertiary/aromatic N) is 3. The van der Waals surface area contributed by atoms with Crippen molar-refractivity contribution in [3.63, 3.8) is 0 Å². The molecule has 1 saturated heterocycles. The molecule has 0 saturated carbocycles. The van der Waals surface area contributed by atoms with Crippen LogP contribution in [-0.4, -0.2) is 34.3 Å². The Morgan fingerprint density at radius 3 is 2.68 bits per heavy atom. The zero-order valence-corrected chi connectivity index (χ0v) is 14.7. The number of hydrogen-bond acceptors (Lipinski definition) is 3. The van der Waals surface area contributed by atoms with Crippen molar-refractivity contribution in [1.29, 1.82) is 0 Å². The summed E-state index contributed by atoms with van der Waals surface area (Å²) in [5.41, 5.74) is 2.91. The largest absolute Gasteiger partial charge is 0.326 e. The van der Waals surface area contributed by atoms with Crippen LogP contribution in [0.2, 0.25) is 0 Å². The van der Waals surface area contributed by atoms with Crippen LogP contribution in [-0.2, 0) is 18.3 Å². The Morgan fingerprint density at radius 2 is 2.04 bits per heavy atom. The number of carbonyl (C=O) groups is 2. The van der Waals surface area contributed by atoms with E-state index in [4.69, 9.17) is 0 Å². The summed E-state index contributed by atoms with van der Waals surface area (Å²) in [6.07, 6.45) is 1.38. The van der Waals surface area contributed by atoms with Gasteiger partial charge in [0.2, 0.25) is 5.91 Å². The number of nitrogens with one attached hydrogen (secondary N) is 2. The van der Waals surface area contributed by atoms with Crippen molar-refractivity contribution >= 4 is 23.4 Å². The molecule has 1 aromatic heterocycles. The fourth-order valence-corrected chi connectivity index (χ4v) is 2.92. The molecule has 132 valence electrons. The minimum atomic E-state index is -0.514. The molecule has 0 unspecified atom stereocenters. The molecule has 2 heterocycles. The van der Waals surface area contributed by atoms with Crippen LogP contribution in [0.5, 0.6) is 0 Å². The standard InChI is InChI=1S/C18H23N5O2/c1-4-13-11-16(22(3)21-13)20-18(25)19-15-9-10-23(17(15)24)14-7-5-12(2)6-8-14/h5-8,11,15H,4,9-10H2,1-3H3,(H2,19,20,25)/t15-/m1/s1. The molecule has 1 fully saturated rings. The Kier molecular flexibility index (Phi) is 4.74. The molecule has 2 N–H and O–H groups in total. The highest BCUT2D eigenvalue weighted by atomic mass is 16.2. The molecule has 25 heavy (non-hydrogen) atoms. The third-order valence-electron chi connectivity index (χ3n) is 4.39. The Labute approximate surface area is 147 Å². The monoisotopic (exact) mass is 341 g/mol. The summed E-state index contributed by atoms with van der Waals surface area (Å²) in [6, 6.07) is 8.73. The zero-order chi connectivity index (χ0) is 18.0. The molecule has 1 aliphatic heterocycles. The lowest BCUT2D eigenvalue weighted by Crippen LogP contribution is -2.43. The molecule has 1 aromatic carbocycles. The van der Waals surface area contributed by atoms with E-state index in [1.165, 1.54) is 0 Å². The Bertz CT molecular complexity index is 781. The van der Waals surface area contributed by atoms with Crippen molar-refractivity contribution in [2.45, 2.75) is 32.7 Å². The van der Waals surface area contributed by atoms with Crippen LogP contribution >= 0.6 is 0 Å². The highest BCUT2D eigenvalue weighted by molar-refractivity contribution is 6.02. The molecule has 2 aromatic rings. The zero-order valence-electron chi connectivity index (χ0n) is 14.7. The van der Waals surface area contributed by atoms with Gasteiger partial charge < -0.3 is 10.2 Å². The summed E-state index contributed by atoms with van der Waals surface area (Å²) in [7, 11) is 1.77. The van der Waals surface area contributed by atoms with E-state index in [2.05, 4.69) is 15.7 Å². The predicted molar refractivity (Wildman–Crippen MR) is 96.7 cm³/mol. The normalized spacial score (nSPS) is 17.0. The molecule has 1 atom stereocenters. The fourth-order valence-electron chi connectivity index (χ4n) is 2.92. The van der Waals surface area contributed by atoms with Gasteiger partial charge in [-0.25, -0.2) is 4.79 Å². The molecule has 0 spiro atoms. The summed E-state index contributed by atoms with van der Waals surface area (Å²) in [4.78, 5) is 26.5. The van der Waals surface area contributed by atoms with Gasteiger partial charge in [0.15, 0.2) is 0 Å². The number of hydrogen-bond donors (Lipinski definition) is 2. The molecule has 1 aliphatic rings. The molecule has 0 bridgehead atoms. The van der Waals surface area contributed by atoms with Gasteiger partial charge in [-0.3, -0.25) is 14.8 Å². The van der Waals surface area contributed by atoms with Crippen LogP contribution in [0.3, 0.4) is 0 Å². The second kappa shape index (κ2) is 6.96. The van der Waals surface area contributed by atoms with Crippen LogP contribution < -0.4 is 15.5 Å². The highest BCUT2D eigenvalue weighted by Gasteiger charge is 2.33. The predicted octanol–water partition coefficient (Wildman–Crippen LogP) is 2.22. The average molecular weight is 341 g/mol. The quantitative estimate of drug-likeness (QED) is 0.895. The van der Waals surface area contributed by atoms with E-state index in [1.54, 1.807) is 16.6 Å². The van der Waals surface area contributed by atoms with Crippen LogP contribution in [0.1, 0.15) is 24.6 Å². The lowest BCUT2D eigenvalue weighted by atomic mass is 10.2. The first-order chi connectivity index (χ1) is 12.0. The Hall–Kier alpha value is -2.83. The summed E-state index contributed by atoms with van der Waals surface area (Å²) in [6.45, 7) is 4.61. The van der Waals surface area contributed by atoms with Gasteiger partial charge in [0.1, 0.15) is 11.9 Å². The lowest BCUT2D eigenvalue weighted by molar-refractivity contribution is -0.118. The number of anilines is 2. The van der Waals surface area contributed by atoms with E-state index < -0.39 is 12.1 Å². The van der Waals surface area contributed by atoms with Gasteiger partial charge in [-0.15, -0.1) is 0 Å². The molecule has 3 rings (SSSR count). The van der Waals surface area contributed by atoms with Gasteiger partial charge in [0.25, 0.3) is 0 Å². The van der Waals surface area contributed by atoms with E-state index in [1.807, 2.05) is 44.2 Å². The van der Waals surface area contributed by atoms with Gasteiger partial charge in [-0.2, -0.15) is 5.10 Å². The first-order valence-corrected chi connectivity index (χ1v) is 8.46. The smallest absolute Gasteiger partial charge is 0.321 e. The van der Waals surface area contributed by atoms with Crippen LogP contribution in [0.25, 0.3) is 0 Å². The van der Waals surface area contributed by atoms with Gasteiger partial charge in [0.05, 0.1) is 5.69 Å². The van der Waals surface area contributed by atoms with Crippen LogP contribution in [0.15, 0.2) is 30.3 Å².